The summed E-state index contributed by atoms with van der Waals surface area (Å²) in [7, 11) is -0.476. The highest BCUT2D eigenvalue weighted by Gasteiger charge is 2.22. The number of guanidine groups is 1. The van der Waals surface area contributed by atoms with Crippen LogP contribution in [-0.2, 0) is 16.6 Å². The first kappa shape index (κ1) is 22.8. The molecule has 2 aromatic rings. The predicted molar refractivity (Wildman–Crippen MR) is 124 cm³/mol. The molecule has 154 valence electrons. The van der Waals surface area contributed by atoms with Gasteiger partial charge in [0.2, 0.25) is 10.0 Å². The van der Waals surface area contributed by atoms with Crippen LogP contribution >= 0.6 is 35.3 Å². The van der Waals surface area contributed by atoms with Crippen molar-refractivity contribution in [2.45, 2.75) is 11.4 Å². The van der Waals surface area contributed by atoms with Gasteiger partial charge in [-0.3, -0.25) is 0 Å². The number of hydrogen-bond acceptors (Lipinski definition) is 6. The molecule has 1 aromatic heterocycles. The number of rotatable bonds is 5. The van der Waals surface area contributed by atoms with Gasteiger partial charge in [0.15, 0.2) is 11.1 Å². The molecule has 11 heteroatoms. The van der Waals surface area contributed by atoms with Gasteiger partial charge in [0, 0.05) is 51.9 Å². The van der Waals surface area contributed by atoms with Crippen molar-refractivity contribution in [3.63, 3.8) is 0 Å². The van der Waals surface area contributed by atoms with E-state index in [9.17, 15) is 8.42 Å². The third kappa shape index (κ3) is 5.13. The van der Waals surface area contributed by atoms with Crippen LogP contribution in [0.2, 0.25) is 0 Å². The number of thiazole rings is 1. The normalized spacial score (nSPS) is 15.6. The zero-order valence-electron chi connectivity index (χ0n) is 15.9. The lowest BCUT2D eigenvalue weighted by Gasteiger charge is -2.35. The largest absolute Gasteiger partial charge is 0.370 e. The highest BCUT2D eigenvalue weighted by Crippen LogP contribution is 2.20. The van der Waals surface area contributed by atoms with Gasteiger partial charge in [0.05, 0.1) is 11.4 Å². The third-order valence-electron chi connectivity index (χ3n) is 4.44. The van der Waals surface area contributed by atoms with E-state index < -0.39 is 10.0 Å². The monoisotopic (exact) mass is 536 g/mol. The van der Waals surface area contributed by atoms with E-state index in [2.05, 4.69) is 14.9 Å². The first-order valence-corrected chi connectivity index (χ1v) is 10.9. The maximum atomic E-state index is 12.5. The van der Waals surface area contributed by atoms with Crippen molar-refractivity contribution in [2.75, 3.05) is 45.2 Å². The SMILES string of the molecule is CN(C)S(=O)(=O)c1ccccc1CN=C(N)N1CCN(c2nccs2)CC1.I. The Morgan fingerprint density at radius 3 is 2.54 bits per heavy atom. The topological polar surface area (TPSA) is 95.1 Å². The molecule has 0 spiro atoms. The molecule has 1 aromatic carbocycles. The number of anilines is 1. The molecule has 1 fully saturated rings. The van der Waals surface area contributed by atoms with Crippen LogP contribution in [0.5, 0.6) is 0 Å². The van der Waals surface area contributed by atoms with Gasteiger partial charge < -0.3 is 15.5 Å². The maximum Gasteiger partial charge on any atom is 0.242 e. The lowest BCUT2D eigenvalue weighted by molar-refractivity contribution is 0.380. The molecule has 28 heavy (non-hydrogen) atoms. The quantitative estimate of drug-likeness (QED) is 0.355. The Hall–Kier alpha value is -1.44. The molecule has 1 aliphatic rings. The Morgan fingerprint density at radius 2 is 1.93 bits per heavy atom. The molecule has 0 radical (unpaired) electrons. The maximum absolute atomic E-state index is 12.5. The molecule has 0 bridgehead atoms. The molecule has 8 nitrogen and oxygen atoms in total. The van der Waals surface area contributed by atoms with Crippen LogP contribution in [0.15, 0.2) is 45.7 Å². The number of sulfonamides is 1. The molecule has 0 amide bonds. The lowest BCUT2D eigenvalue weighted by atomic mass is 10.2. The Bertz CT molecular complexity index is 894. The third-order valence-corrected chi connectivity index (χ3v) is 7.18. The minimum atomic E-state index is -3.52. The van der Waals surface area contributed by atoms with E-state index in [1.165, 1.54) is 18.4 Å². The van der Waals surface area contributed by atoms with Gasteiger partial charge in [-0.1, -0.05) is 18.2 Å². The number of aliphatic imine (C=N–C) groups is 1. The summed E-state index contributed by atoms with van der Waals surface area (Å²) in [5, 5.41) is 2.99. The van der Waals surface area contributed by atoms with Crippen molar-refractivity contribution in [2.24, 2.45) is 10.7 Å². The van der Waals surface area contributed by atoms with Crippen molar-refractivity contribution in [3.8, 4) is 0 Å². The molecule has 0 aliphatic carbocycles. The molecule has 3 rings (SSSR count). The van der Waals surface area contributed by atoms with E-state index in [0.29, 0.717) is 11.5 Å². The van der Waals surface area contributed by atoms with Gasteiger partial charge in [-0.15, -0.1) is 35.3 Å². The van der Waals surface area contributed by atoms with Gasteiger partial charge in [-0.05, 0) is 11.6 Å². The number of aromatic nitrogens is 1. The highest BCUT2D eigenvalue weighted by atomic mass is 127. The Labute approximate surface area is 187 Å². The van der Waals surface area contributed by atoms with Crippen LogP contribution < -0.4 is 10.6 Å². The number of nitrogens with zero attached hydrogens (tertiary/aromatic N) is 5. The summed E-state index contributed by atoms with van der Waals surface area (Å²) < 4.78 is 26.2. The van der Waals surface area contributed by atoms with Crippen LogP contribution in [-0.4, -0.2) is 68.8 Å². The fourth-order valence-electron chi connectivity index (χ4n) is 2.85. The summed E-state index contributed by atoms with van der Waals surface area (Å²) in [5.74, 6) is 0.436. The summed E-state index contributed by atoms with van der Waals surface area (Å²) in [5.41, 5.74) is 6.80. The second kappa shape index (κ2) is 9.85. The second-order valence-corrected chi connectivity index (χ2v) is 9.35. The number of hydrogen-bond donors (Lipinski definition) is 1. The van der Waals surface area contributed by atoms with Crippen LogP contribution in [0.3, 0.4) is 0 Å². The predicted octanol–water partition coefficient (Wildman–Crippen LogP) is 1.65. The van der Waals surface area contributed by atoms with Crippen molar-refractivity contribution < 1.29 is 8.42 Å². The van der Waals surface area contributed by atoms with E-state index in [0.717, 1.165) is 31.3 Å². The van der Waals surface area contributed by atoms with Gasteiger partial charge in [0.25, 0.3) is 0 Å². The Balaban J connectivity index is 0.00000280. The van der Waals surface area contributed by atoms with Gasteiger partial charge in [0.1, 0.15) is 0 Å². The summed E-state index contributed by atoms with van der Waals surface area (Å²) in [6.45, 7) is 3.39. The minimum absolute atomic E-state index is 0. The molecular weight excluding hydrogens is 511 g/mol. The molecule has 0 atom stereocenters. The molecule has 2 heterocycles. The van der Waals surface area contributed by atoms with E-state index in [-0.39, 0.29) is 35.4 Å². The lowest BCUT2D eigenvalue weighted by Crippen LogP contribution is -2.51. The summed E-state index contributed by atoms with van der Waals surface area (Å²) in [4.78, 5) is 13.3. The van der Waals surface area contributed by atoms with Crippen LogP contribution in [0, 0.1) is 0 Å². The van der Waals surface area contributed by atoms with Crippen molar-refractivity contribution in [1.82, 2.24) is 14.2 Å². The molecule has 1 aliphatic heterocycles. The summed E-state index contributed by atoms with van der Waals surface area (Å²) in [6.07, 6.45) is 1.81. The van der Waals surface area contributed by atoms with Gasteiger partial charge in [-0.2, -0.15) is 0 Å². The highest BCUT2D eigenvalue weighted by molar-refractivity contribution is 14.0. The van der Waals surface area contributed by atoms with Crippen molar-refractivity contribution in [3.05, 3.63) is 41.4 Å². The number of nitrogens with two attached hydrogens (primary N) is 1. The van der Waals surface area contributed by atoms with Crippen LogP contribution in [0.4, 0.5) is 5.13 Å². The fraction of sp³-hybridized carbons (Fsp3) is 0.412. The zero-order valence-corrected chi connectivity index (χ0v) is 19.8. The van der Waals surface area contributed by atoms with Crippen LogP contribution in [0.25, 0.3) is 0 Å². The van der Waals surface area contributed by atoms with Crippen molar-refractivity contribution in [1.29, 1.82) is 0 Å². The molecule has 2 N–H and O–H groups in total. The van der Waals surface area contributed by atoms with Gasteiger partial charge >= 0.3 is 0 Å². The van der Waals surface area contributed by atoms with E-state index in [1.807, 2.05) is 16.3 Å². The standard InChI is InChI=1S/C17H24N6O2S2.HI/c1-21(2)27(24,25)15-6-4-3-5-14(15)13-20-16(18)22-8-10-23(11-9-22)17-19-7-12-26-17;/h3-7,12H,8-11,13H2,1-2H3,(H2,18,20);1H. The van der Waals surface area contributed by atoms with Crippen LogP contribution in [0.1, 0.15) is 5.56 Å². The average molecular weight is 536 g/mol. The summed E-state index contributed by atoms with van der Waals surface area (Å²) in [6, 6.07) is 6.89. The first-order chi connectivity index (χ1) is 12.9. The molecule has 0 saturated carbocycles. The van der Waals surface area contributed by atoms with Gasteiger partial charge in [-0.25, -0.2) is 22.7 Å². The Morgan fingerprint density at radius 1 is 1.25 bits per heavy atom. The summed E-state index contributed by atoms with van der Waals surface area (Å²) >= 11 is 1.63. The molecule has 0 unspecified atom stereocenters. The zero-order chi connectivity index (χ0) is 19.4. The minimum Gasteiger partial charge on any atom is -0.370 e. The van der Waals surface area contributed by atoms with E-state index >= 15 is 0 Å². The number of benzene rings is 1. The number of halogens is 1. The smallest absolute Gasteiger partial charge is 0.242 e. The molecular formula is C17H25IN6O2S2. The number of piperazine rings is 1. The van der Waals surface area contributed by atoms with E-state index in [1.54, 1.807) is 35.7 Å². The fourth-order valence-corrected chi connectivity index (χ4v) is 4.65. The van der Waals surface area contributed by atoms with E-state index in [4.69, 9.17) is 5.73 Å². The second-order valence-electron chi connectivity index (χ2n) is 6.36. The Kier molecular flexibility index (Phi) is 8.04. The first-order valence-electron chi connectivity index (χ1n) is 8.59. The molecule has 1 saturated heterocycles. The average Bonchev–Trinajstić information content (AvgIpc) is 3.21. The van der Waals surface area contributed by atoms with Crippen molar-refractivity contribution >= 4 is 56.4 Å².